The third-order valence-corrected chi connectivity index (χ3v) is 2.45. The predicted molar refractivity (Wildman–Crippen MR) is 54.9 cm³/mol. The molecule has 4 heteroatoms. The monoisotopic (exact) mass is 200 g/mol. The molecule has 1 heterocycles. The van der Waals surface area contributed by atoms with Gasteiger partial charge in [-0.05, 0) is 26.7 Å². The lowest BCUT2D eigenvalue weighted by molar-refractivity contribution is -0.141. The first-order valence-electron chi connectivity index (χ1n) is 5.16. The number of nitrogens with two attached hydrogens (primary N) is 1. The van der Waals surface area contributed by atoms with Crippen LogP contribution in [0.4, 0.5) is 0 Å². The normalized spacial score (nSPS) is 28.9. The Morgan fingerprint density at radius 3 is 2.71 bits per heavy atom. The second-order valence-corrected chi connectivity index (χ2v) is 4.21. The van der Waals surface area contributed by atoms with E-state index >= 15 is 0 Å². The lowest BCUT2D eigenvalue weighted by Gasteiger charge is -2.22. The van der Waals surface area contributed by atoms with E-state index in [1.165, 1.54) is 0 Å². The third kappa shape index (κ3) is 2.96. The molecule has 0 radical (unpaired) electrons. The zero-order valence-corrected chi connectivity index (χ0v) is 9.19. The van der Waals surface area contributed by atoms with E-state index in [1.54, 1.807) is 11.9 Å². The first-order valence-corrected chi connectivity index (χ1v) is 5.16. The van der Waals surface area contributed by atoms with Crippen molar-refractivity contribution in [1.29, 1.82) is 0 Å². The van der Waals surface area contributed by atoms with Crippen LogP contribution >= 0.6 is 0 Å². The molecule has 0 aromatic rings. The fourth-order valence-electron chi connectivity index (χ4n) is 1.75. The summed E-state index contributed by atoms with van der Waals surface area (Å²) >= 11 is 0. The summed E-state index contributed by atoms with van der Waals surface area (Å²) in [6.45, 7) is 4.48. The van der Waals surface area contributed by atoms with Gasteiger partial charge in [0.25, 0.3) is 5.91 Å². The fourth-order valence-corrected chi connectivity index (χ4v) is 1.75. The van der Waals surface area contributed by atoms with E-state index in [2.05, 4.69) is 0 Å². The Balaban J connectivity index is 2.40. The van der Waals surface area contributed by atoms with Gasteiger partial charge in [-0.15, -0.1) is 0 Å². The Bertz CT molecular complexity index is 206. The molecule has 0 aromatic carbocycles. The SMILES string of the molecule is CC(N)CN(C)C(=O)C1CCC(C)O1. The Hall–Kier alpha value is -0.610. The minimum absolute atomic E-state index is 0.0165. The average Bonchev–Trinajstić information content (AvgIpc) is 2.49. The Labute approximate surface area is 85.4 Å². The summed E-state index contributed by atoms with van der Waals surface area (Å²) in [6.07, 6.45) is 1.78. The lowest BCUT2D eigenvalue weighted by atomic mass is 10.2. The van der Waals surface area contributed by atoms with Crippen LogP contribution in [-0.4, -0.2) is 42.6 Å². The van der Waals surface area contributed by atoms with Gasteiger partial charge in [0.1, 0.15) is 6.10 Å². The largest absolute Gasteiger partial charge is 0.365 e. The van der Waals surface area contributed by atoms with Gasteiger partial charge in [-0.3, -0.25) is 4.79 Å². The van der Waals surface area contributed by atoms with Crippen LogP contribution in [0.25, 0.3) is 0 Å². The number of rotatable bonds is 3. The quantitative estimate of drug-likeness (QED) is 0.715. The molecule has 1 saturated heterocycles. The van der Waals surface area contributed by atoms with Gasteiger partial charge in [-0.1, -0.05) is 0 Å². The number of ether oxygens (including phenoxy) is 1. The molecular formula is C10H20N2O2. The molecule has 0 spiro atoms. The van der Waals surface area contributed by atoms with Crippen molar-refractivity contribution in [3.63, 3.8) is 0 Å². The molecule has 3 unspecified atom stereocenters. The van der Waals surface area contributed by atoms with Crippen molar-refractivity contribution < 1.29 is 9.53 Å². The van der Waals surface area contributed by atoms with E-state index in [-0.39, 0.29) is 24.2 Å². The summed E-state index contributed by atoms with van der Waals surface area (Å²) < 4.78 is 5.49. The zero-order chi connectivity index (χ0) is 10.7. The molecule has 82 valence electrons. The molecule has 1 amide bonds. The summed E-state index contributed by atoms with van der Waals surface area (Å²) in [4.78, 5) is 13.4. The highest BCUT2D eigenvalue weighted by molar-refractivity contribution is 5.81. The maximum Gasteiger partial charge on any atom is 0.251 e. The van der Waals surface area contributed by atoms with Crippen LogP contribution < -0.4 is 5.73 Å². The fraction of sp³-hybridized carbons (Fsp3) is 0.900. The zero-order valence-electron chi connectivity index (χ0n) is 9.19. The van der Waals surface area contributed by atoms with Gasteiger partial charge in [-0.25, -0.2) is 0 Å². The number of nitrogens with zero attached hydrogens (tertiary/aromatic N) is 1. The summed E-state index contributed by atoms with van der Waals surface area (Å²) in [7, 11) is 1.78. The van der Waals surface area contributed by atoms with Crippen molar-refractivity contribution in [1.82, 2.24) is 4.90 Å². The number of hydrogen-bond donors (Lipinski definition) is 1. The van der Waals surface area contributed by atoms with Crippen LogP contribution in [0.2, 0.25) is 0 Å². The average molecular weight is 200 g/mol. The summed E-state index contributed by atoms with van der Waals surface area (Å²) in [5, 5.41) is 0. The topological polar surface area (TPSA) is 55.6 Å². The van der Waals surface area contributed by atoms with Crippen molar-refractivity contribution in [3.8, 4) is 0 Å². The van der Waals surface area contributed by atoms with Gasteiger partial charge in [-0.2, -0.15) is 0 Å². The van der Waals surface area contributed by atoms with E-state index in [4.69, 9.17) is 10.5 Å². The van der Waals surface area contributed by atoms with Crippen molar-refractivity contribution in [3.05, 3.63) is 0 Å². The molecule has 1 aliphatic rings. The second-order valence-electron chi connectivity index (χ2n) is 4.21. The predicted octanol–water partition coefficient (Wildman–Crippen LogP) is 0.360. The highest BCUT2D eigenvalue weighted by Gasteiger charge is 2.30. The number of carbonyl (C=O) groups is 1. The van der Waals surface area contributed by atoms with E-state index in [1.807, 2.05) is 13.8 Å². The van der Waals surface area contributed by atoms with Gasteiger partial charge < -0.3 is 15.4 Å². The second kappa shape index (κ2) is 4.75. The van der Waals surface area contributed by atoms with Crippen molar-refractivity contribution in [2.45, 2.75) is 44.9 Å². The van der Waals surface area contributed by atoms with Crippen LogP contribution in [0.5, 0.6) is 0 Å². The third-order valence-electron chi connectivity index (χ3n) is 2.45. The first kappa shape index (κ1) is 11.5. The molecule has 0 bridgehead atoms. The molecule has 0 aromatic heterocycles. The van der Waals surface area contributed by atoms with E-state index < -0.39 is 0 Å². The van der Waals surface area contributed by atoms with Crippen LogP contribution in [0.15, 0.2) is 0 Å². The maximum atomic E-state index is 11.8. The minimum atomic E-state index is -0.242. The number of likely N-dealkylation sites (N-methyl/N-ethyl adjacent to an activating group) is 1. The summed E-state index contributed by atoms with van der Waals surface area (Å²) in [5.41, 5.74) is 5.62. The van der Waals surface area contributed by atoms with Gasteiger partial charge in [0.2, 0.25) is 0 Å². The van der Waals surface area contributed by atoms with Crippen molar-refractivity contribution in [2.24, 2.45) is 5.73 Å². The molecule has 0 aliphatic carbocycles. The maximum absolute atomic E-state index is 11.8. The highest BCUT2D eigenvalue weighted by Crippen LogP contribution is 2.20. The molecule has 14 heavy (non-hydrogen) atoms. The van der Waals surface area contributed by atoms with Gasteiger partial charge in [0, 0.05) is 19.6 Å². The van der Waals surface area contributed by atoms with Crippen molar-refractivity contribution >= 4 is 5.91 Å². The number of amides is 1. The van der Waals surface area contributed by atoms with Crippen molar-refractivity contribution in [2.75, 3.05) is 13.6 Å². The van der Waals surface area contributed by atoms with Gasteiger partial charge in [0.05, 0.1) is 6.10 Å². The number of carbonyl (C=O) groups excluding carboxylic acids is 1. The molecule has 1 rings (SSSR count). The smallest absolute Gasteiger partial charge is 0.251 e. The molecule has 0 saturated carbocycles. The Kier molecular flexibility index (Phi) is 3.89. The molecule has 2 N–H and O–H groups in total. The Morgan fingerprint density at radius 2 is 2.29 bits per heavy atom. The number of hydrogen-bond acceptors (Lipinski definition) is 3. The molecule has 3 atom stereocenters. The minimum Gasteiger partial charge on any atom is -0.365 e. The Morgan fingerprint density at radius 1 is 1.64 bits per heavy atom. The summed E-state index contributed by atoms with van der Waals surface area (Å²) in [6, 6.07) is 0.0165. The van der Waals surface area contributed by atoms with Crippen LogP contribution in [-0.2, 0) is 9.53 Å². The van der Waals surface area contributed by atoms with E-state index in [0.717, 1.165) is 12.8 Å². The van der Waals surface area contributed by atoms with Crippen LogP contribution in [0, 0.1) is 0 Å². The highest BCUT2D eigenvalue weighted by atomic mass is 16.5. The molecule has 1 fully saturated rings. The molecule has 4 nitrogen and oxygen atoms in total. The van der Waals surface area contributed by atoms with E-state index in [9.17, 15) is 4.79 Å². The molecule has 1 aliphatic heterocycles. The summed E-state index contributed by atoms with van der Waals surface area (Å²) in [5.74, 6) is 0.0617. The first-order chi connectivity index (χ1) is 6.50. The molecular weight excluding hydrogens is 180 g/mol. The van der Waals surface area contributed by atoms with Crippen LogP contribution in [0.3, 0.4) is 0 Å². The van der Waals surface area contributed by atoms with Gasteiger partial charge in [0.15, 0.2) is 0 Å². The van der Waals surface area contributed by atoms with Gasteiger partial charge >= 0.3 is 0 Å². The lowest BCUT2D eigenvalue weighted by Crippen LogP contribution is -2.42. The van der Waals surface area contributed by atoms with E-state index in [0.29, 0.717) is 6.54 Å². The standard InChI is InChI=1S/C10H20N2O2/c1-7(11)6-12(3)10(13)9-5-4-8(2)14-9/h7-9H,4-6,11H2,1-3H3. The van der Waals surface area contributed by atoms with Crippen LogP contribution in [0.1, 0.15) is 26.7 Å².